The minimum atomic E-state index is -2.67. The third kappa shape index (κ3) is 2.50. The van der Waals surface area contributed by atoms with Crippen LogP contribution < -0.4 is 4.52 Å². The van der Waals surface area contributed by atoms with Gasteiger partial charge in [-0.15, -0.1) is 0 Å². The molecule has 0 aromatic heterocycles. The van der Waals surface area contributed by atoms with Crippen molar-refractivity contribution >= 4 is 39.2 Å². The fourth-order valence-electron chi connectivity index (χ4n) is 1.16. The molecule has 0 amide bonds. The number of hydrogen-bond acceptors (Lipinski definition) is 4. The van der Waals surface area contributed by atoms with Gasteiger partial charge in [0.2, 0.25) is 39.5 Å². The Labute approximate surface area is 112 Å². The molecule has 1 fully saturated rings. The summed E-state index contributed by atoms with van der Waals surface area (Å²) in [5.41, 5.74) is 0. The van der Waals surface area contributed by atoms with Crippen molar-refractivity contribution in [3.63, 3.8) is 0 Å². The molecule has 100 valence electrons. The number of halogens is 5. The molecule has 1 aliphatic rings. The van der Waals surface area contributed by atoms with Gasteiger partial charge in [-0.05, 0) is 11.8 Å². The quantitative estimate of drug-likeness (QED) is 0.340. The SMILES string of the molecule is Fc1c(F)c(F)c(OP2(=S)SCCS2)c(F)c1F. The fraction of sp³-hybridized carbons (Fsp3) is 0.250. The highest BCUT2D eigenvalue weighted by atomic mass is 33.2. The van der Waals surface area contributed by atoms with Crippen LogP contribution in [-0.2, 0) is 11.8 Å². The third-order valence-electron chi connectivity index (χ3n) is 1.95. The third-order valence-corrected chi connectivity index (χ3v) is 11.5. The predicted octanol–water partition coefficient (Wildman–Crippen LogP) is 4.47. The van der Waals surface area contributed by atoms with Gasteiger partial charge in [-0.3, -0.25) is 0 Å². The first-order valence-corrected chi connectivity index (χ1v) is 10.4. The lowest BCUT2D eigenvalue weighted by Gasteiger charge is -2.16. The summed E-state index contributed by atoms with van der Waals surface area (Å²) < 4.78 is 67.5. The molecule has 1 heterocycles. The highest BCUT2D eigenvalue weighted by molar-refractivity contribution is 9.00. The van der Waals surface area contributed by atoms with Crippen LogP contribution in [0.5, 0.6) is 5.75 Å². The summed E-state index contributed by atoms with van der Waals surface area (Å²) >= 11 is 7.37. The standard InChI is InChI=1S/C8H4F5OPS3/c9-3-4(10)6(12)8(7(13)5(3)11)14-15(16)17-1-2-18-15/h1-2H2. The molecule has 0 radical (unpaired) electrons. The van der Waals surface area contributed by atoms with Crippen molar-refractivity contribution in [3.05, 3.63) is 29.1 Å². The van der Waals surface area contributed by atoms with E-state index in [0.29, 0.717) is 11.5 Å². The van der Waals surface area contributed by atoms with Crippen LogP contribution in [0, 0.1) is 29.1 Å². The Balaban J connectivity index is 2.48. The van der Waals surface area contributed by atoms with Gasteiger partial charge in [-0.2, -0.15) is 8.78 Å². The van der Waals surface area contributed by atoms with Crippen molar-refractivity contribution in [1.82, 2.24) is 0 Å². The van der Waals surface area contributed by atoms with Gasteiger partial charge in [0.15, 0.2) is 0 Å². The maximum absolute atomic E-state index is 13.3. The molecule has 1 aliphatic heterocycles. The summed E-state index contributed by atoms with van der Waals surface area (Å²) in [5, 5.41) is 0. The second-order valence-electron chi connectivity index (χ2n) is 3.10. The van der Waals surface area contributed by atoms with E-state index in [9.17, 15) is 22.0 Å². The van der Waals surface area contributed by atoms with Gasteiger partial charge in [-0.1, -0.05) is 22.8 Å². The van der Waals surface area contributed by atoms with Crippen molar-refractivity contribution in [1.29, 1.82) is 0 Å². The molecular weight excluding hydrogens is 334 g/mol. The lowest BCUT2D eigenvalue weighted by molar-refractivity contribution is 0.354. The van der Waals surface area contributed by atoms with E-state index in [2.05, 4.69) is 0 Å². The van der Waals surface area contributed by atoms with E-state index in [-0.39, 0.29) is 0 Å². The number of hydrogen-bond donors (Lipinski definition) is 0. The van der Waals surface area contributed by atoms with Gasteiger partial charge >= 0.3 is 0 Å². The van der Waals surface area contributed by atoms with Crippen LogP contribution in [-0.4, -0.2) is 11.5 Å². The molecule has 0 spiro atoms. The topological polar surface area (TPSA) is 9.23 Å². The molecule has 0 bridgehead atoms. The van der Waals surface area contributed by atoms with Crippen LogP contribution in [0.4, 0.5) is 22.0 Å². The van der Waals surface area contributed by atoms with E-state index in [0.717, 1.165) is 0 Å². The van der Waals surface area contributed by atoms with Gasteiger partial charge in [-0.25, -0.2) is 13.2 Å². The van der Waals surface area contributed by atoms with E-state index in [1.165, 1.54) is 22.8 Å². The summed E-state index contributed by atoms with van der Waals surface area (Å²) in [6.07, 6.45) is 0. The lowest BCUT2D eigenvalue weighted by Crippen LogP contribution is -2.04. The zero-order valence-electron chi connectivity index (χ0n) is 8.38. The molecule has 0 N–H and O–H groups in total. The highest BCUT2D eigenvalue weighted by Crippen LogP contribution is 2.73. The molecule has 1 aromatic rings. The molecule has 18 heavy (non-hydrogen) atoms. The summed E-state index contributed by atoms with van der Waals surface area (Å²) in [6, 6.07) is 0. The Hall–Kier alpha value is 0.0200. The molecule has 1 aromatic carbocycles. The summed E-state index contributed by atoms with van der Waals surface area (Å²) in [4.78, 5) is 0. The van der Waals surface area contributed by atoms with Crippen molar-refractivity contribution < 1.29 is 26.5 Å². The van der Waals surface area contributed by atoms with Crippen LogP contribution in [0.3, 0.4) is 0 Å². The largest absolute Gasteiger partial charge is 0.442 e. The van der Waals surface area contributed by atoms with Crippen LogP contribution in [0.25, 0.3) is 0 Å². The van der Waals surface area contributed by atoms with Crippen LogP contribution in [0.15, 0.2) is 0 Å². The highest BCUT2D eigenvalue weighted by Gasteiger charge is 2.33. The van der Waals surface area contributed by atoms with E-state index >= 15 is 0 Å². The fourth-order valence-corrected chi connectivity index (χ4v) is 10.0. The Morgan fingerprint density at radius 1 is 0.833 bits per heavy atom. The molecule has 10 heteroatoms. The van der Waals surface area contributed by atoms with E-state index in [4.69, 9.17) is 16.3 Å². The number of rotatable bonds is 2. The Bertz CT molecular complexity index is 513. The van der Waals surface area contributed by atoms with E-state index in [1.807, 2.05) is 0 Å². The Kier molecular flexibility index (Phi) is 4.16. The molecule has 0 aliphatic carbocycles. The zero-order chi connectivity index (χ0) is 13.5. The summed E-state index contributed by atoms with van der Waals surface area (Å²) in [6.45, 7) is 0. The maximum atomic E-state index is 13.3. The van der Waals surface area contributed by atoms with Crippen LogP contribution >= 0.6 is 27.4 Å². The first-order chi connectivity index (χ1) is 8.36. The van der Waals surface area contributed by atoms with Crippen molar-refractivity contribution in [3.8, 4) is 5.75 Å². The predicted molar refractivity (Wildman–Crippen MR) is 66.1 cm³/mol. The normalized spacial score (nSPS) is 18.1. The second kappa shape index (κ2) is 5.19. The molecule has 1 nitrogen and oxygen atoms in total. The summed E-state index contributed by atoms with van der Waals surface area (Å²) in [5.74, 6) is -10.3. The van der Waals surface area contributed by atoms with Crippen molar-refractivity contribution in [2.75, 3.05) is 11.5 Å². The Morgan fingerprint density at radius 3 is 1.67 bits per heavy atom. The smallest absolute Gasteiger partial charge is 0.222 e. The molecule has 0 atom stereocenters. The monoisotopic (exact) mass is 338 g/mol. The zero-order valence-corrected chi connectivity index (χ0v) is 11.7. The van der Waals surface area contributed by atoms with Gasteiger partial charge in [0, 0.05) is 11.5 Å². The number of benzene rings is 1. The van der Waals surface area contributed by atoms with Gasteiger partial charge in [0.1, 0.15) is 0 Å². The van der Waals surface area contributed by atoms with Crippen molar-refractivity contribution in [2.24, 2.45) is 0 Å². The first kappa shape index (κ1) is 14.4. The Morgan fingerprint density at radius 2 is 1.22 bits per heavy atom. The molecule has 0 saturated carbocycles. The minimum Gasteiger partial charge on any atom is -0.442 e. The molecular formula is C8H4F5OPS3. The average molecular weight is 338 g/mol. The minimum absolute atomic E-state index is 0.622. The van der Waals surface area contributed by atoms with Crippen LogP contribution in [0.1, 0.15) is 0 Å². The second-order valence-corrected chi connectivity index (χ2v) is 13.8. The van der Waals surface area contributed by atoms with Crippen LogP contribution in [0.2, 0.25) is 0 Å². The van der Waals surface area contributed by atoms with Gasteiger partial charge < -0.3 is 4.52 Å². The van der Waals surface area contributed by atoms with Gasteiger partial charge in [0.05, 0.1) is 0 Å². The lowest BCUT2D eigenvalue weighted by atomic mass is 10.3. The first-order valence-electron chi connectivity index (χ1n) is 4.46. The van der Waals surface area contributed by atoms with E-state index < -0.39 is 39.5 Å². The molecule has 0 unspecified atom stereocenters. The van der Waals surface area contributed by atoms with Gasteiger partial charge in [0.25, 0.3) is 0 Å². The molecule has 1 saturated heterocycles. The average Bonchev–Trinajstić information content (AvgIpc) is 2.77. The summed E-state index contributed by atoms with van der Waals surface area (Å²) in [7, 11) is 0. The van der Waals surface area contributed by atoms with E-state index in [1.54, 1.807) is 0 Å². The van der Waals surface area contributed by atoms with Crippen molar-refractivity contribution in [2.45, 2.75) is 0 Å². The molecule has 2 rings (SSSR count). The maximum Gasteiger partial charge on any atom is 0.222 e.